The number of fused-ring (bicyclic) bond motifs is 1. The highest BCUT2D eigenvalue weighted by Crippen LogP contribution is 2.13. The molecule has 0 N–H and O–H groups in total. The summed E-state index contributed by atoms with van der Waals surface area (Å²) in [5.41, 5.74) is 0.704. The van der Waals surface area contributed by atoms with Gasteiger partial charge >= 0.3 is 0 Å². The molecular formula is C12H8BrFN4O. The van der Waals surface area contributed by atoms with Gasteiger partial charge in [-0.3, -0.25) is 9.38 Å². The summed E-state index contributed by atoms with van der Waals surface area (Å²) in [4.78, 5) is 12.1. The van der Waals surface area contributed by atoms with Crippen molar-refractivity contribution >= 4 is 21.7 Å². The highest BCUT2D eigenvalue weighted by molar-refractivity contribution is 9.10. The molecule has 0 amide bonds. The second-order valence-corrected chi connectivity index (χ2v) is 4.75. The van der Waals surface area contributed by atoms with Crippen LogP contribution in [0.2, 0.25) is 0 Å². The predicted molar refractivity (Wildman–Crippen MR) is 69.2 cm³/mol. The summed E-state index contributed by atoms with van der Waals surface area (Å²) in [7, 11) is 0. The van der Waals surface area contributed by atoms with Gasteiger partial charge in [0.25, 0.3) is 0 Å². The Morgan fingerprint density at radius 2 is 2.16 bits per heavy atom. The molecule has 3 heterocycles. The van der Waals surface area contributed by atoms with E-state index in [1.165, 1.54) is 12.3 Å². The summed E-state index contributed by atoms with van der Waals surface area (Å²) in [6.45, 7) is 0.228. The number of hydrogen-bond donors (Lipinski definition) is 0. The number of rotatable bonds is 3. The van der Waals surface area contributed by atoms with Gasteiger partial charge in [0.1, 0.15) is 18.2 Å². The maximum atomic E-state index is 12.9. The number of pyridine rings is 1. The van der Waals surface area contributed by atoms with Gasteiger partial charge in [0.15, 0.2) is 0 Å². The van der Waals surface area contributed by atoms with Crippen LogP contribution < -0.4 is 4.74 Å². The quantitative estimate of drug-likeness (QED) is 0.743. The molecule has 0 fully saturated rings. The Hall–Kier alpha value is -2.02. The summed E-state index contributed by atoms with van der Waals surface area (Å²) in [5.74, 6) is 0.517. The summed E-state index contributed by atoms with van der Waals surface area (Å²) in [5, 5.41) is 0. The predicted octanol–water partition coefficient (Wildman–Crippen LogP) is 2.60. The Morgan fingerprint density at radius 3 is 3.00 bits per heavy atom. The smallest absolute Gasteiger partial charge is 0.234 e. The topological polar surface area (TPSA) is 52.3 Å². The number of nitrogens with zero attached hydrogens (tertiary/aromatic N) is 4. The van der Waals surface area contributed by atoms with Crippen LogP contribution >= 0.6 is 15.9 Å². The molecule has 0 spiro atoms. The van der Waals surface area contributed by atoms with Crippen molar-refractivity contribution in [2.75, 3.05) is 0 Å². The van der Waals surface area contributed by atoms with Crippen LogP contribution in [0.3, 0.4) is 0 Å². The fourth-order valence-corrected chi connectivity index (χ4v) is 1.93. The van der Waals surface area contributed by atoms with Gasteiger partial charge in [-0.05, 0) is 15.9 Å². The molecule has 3 aromatic rings. The van der Waals surface area contributed by atoms with Crippen LogP contribution in [0.4, 0.5) is 4.39 Å². The second-order valence-electron chi connectivity index (χ2n) is 3.84. The van der Waals surface area contributed by atoms with Gasteiger partial charge in [0.05, 0.1) is 22.6 Å². The molecule has 0 bridgehead atoms. The van der Waals surface area contributed by atoms with E-state index < -0.39 is 5.82 Å². The molecule has 19 heavy (non-hydrogen) atoms. The Labute approximate surface area is 116 Å². The molecule has 3 aromatic heterocycles. The second kappa shape index (κ2) is 4.93. The van der Waals surface area contributed by atoms with Crippen molar-refractivity contribution < 1.29 is 9.13 Å². The zero-order valence-electron chi connectivity index (χ0n) is 9.62. The standard InChI is InChI=1S/C12H8BrFN4O/c13-8-2-16-12-17-10(6-18(12)5-8)7-19-11-1-9(14)3-15-4-11/h1-6H,7H2. The molecule has 3 rings (SSSR count). The third-order valence-corrected chi connectivity index (χ3v) is 2.80. The van der Waals surface area contributed by atoms with E-state index in [9.17, 15) is 4.39 Å². The van der Waals surface area contributed by atoms with Crippen LogP contribution in [0, 0.1) is 5.82 Å². The lowest BCUT2D eigenvalue weighted by molar-refractivity contribution is 0.299. The molecule has 96 valence electrons. The lowest BCUT2D eigenvalue weighted by atomic mass is 10.4. The molecule has 5 nitrogen and oxygen atoms in total. The molecule has 0 atom stereocenters. The van der Waals surface area contributed by atoms with Crippen LogP contribution in [-0.2, 0) is 6.61 Å². The first-order valence-electron chi connectivity index (χ1n) is 5.43. The van der Waals surface area contributed by atoms with E-state index in [1.807, 2.05) is 6.20 Å². The third-order valence-electron chi connectivity index (χ3n) is 2.39. The maximum Gasteiger partial charge on any atom is 0.234 e. The van der Waals surface area contributed by atoms with Crippen LogP contribution in [-0.4, -0.2) is 19.4 Å². The van der Waals surface area contributed by atoms with Crippen LogP contribution in [0.5, 0.6) is 5.75 Å². The molecule has 0 radical (unpaired) electrons. The van der Waals surface area contributed by atoms with Gasteiger partial charge < -0.3 is 4.74 Å². The van der Waals surface area contributed by atoms with E-state index >= 15 is 0 Å². The minimum atomic E-state index is -0.432. The number of hydrogen-bond acceptors (Lipinski definition) is 4. The van der Waals surface area contributed by atoms with E-state index in [-0.39, 0.29) is 6.61 Å². The summed E-state index contributed by atoms with van der Waals surface area (Å²) in [6, 6.07) is 1.28. The van der Waals surface area contributed by atoms with E-state index in [0.717, 1.165) is 10.7 Å². The zero-order chi connectivity index (χ0) is 13.2. The fraction of sp³-hybridized carbons (Fsp3) is 0.0833. The number of ether oxygens (including phenoxy) is 1. The molecule has 0 aromatic carbocycles. The van der Waals surface area contributed by atoms with Gasteiger partial charge in [-0.25, -0.2) is 14.4 Å². The highest BCUT2D eigenvalue weighted by atomic mass is 79.9. The van der Waals surface area contributed by atoms with Crippen molar-refractivity contribution in [3.8, 4) is 5.75 Å². The lowest BCUT2D eigenvalue weighted by Crippen LogP contribution is -1.96. The van der Waals surface area contributed by atoms with Crippen molar-refractivity contribution in [1.29, 1.82) is 0 Å². The first kappa shape index (κ1) is 12.0. The summed E-state index contributed by atoms with van der Waals surface area (Å²) in [6.07, 6.45) is 7.90. The van der Waals surface area contributed by atoms with E-state index in [1.54, 1.807) is 16.8 Å². The van der Waals surface area contributed by atoms with Crippen LogP contribution in [0.15, 0.2) is 41.5 Å². The lowest BCUT2D eigenvalue weighted by Gasteiger charge is -2.02. The Morgan fingerprint density at radius 1 is 1.26 bits per heavy atom. The molecule has 0 saturated carbocycles. The van der Waals surface area contributed by atoms with Crippen molar-refractivity contribution in [2.24, 2.45) is 0 Å². The third kappa shape index (κ3) is 2.70. The maximum absolute atomic E-state index is 12.9. The van der Waals surface area contributed by atoms with Crippen molar-refractivity contribution in [1.82, 2.24) is 19.4 Å². The monoisotopic (exact) mass is 322 g/mol. The number of halogens is 2. The molecule has 0 aliphatic rings. The van der Waals surface area contributed by atoms with Crippen molar-refractivity contribution in [2.45, 2.75) is 6.61 Å². The minimum absolute atomic E-state index is 0.228. The van der Waals surface area contributed by atoms with Gasteiger partial charge in [0, 0.05) is 24.7 Å². The highest BCUT2D eigenvalue weighted by Gasteiger charge is 2.04. The average Bonchev–Trinajstić information content (AvgIpc) is 2.78. The van der Waals surface area contributed by atoms with E-state index in [0.29, 0.717) is 17.2 Å². The van der Waals surface area contributed by atoms with Gasteiger partial charge in [0.2, 0.25) is 5.78 Å². The molecule has 0 aliphatic heterocycles. The molecule has 0 unspecified atom stereocenters. The molecule has 7 heteroatoms. The number of aromatic nitrogens is 4. The van der Waals surface area contributed by atoms with E-state index in [2.05, 4.69) is 30.9 Å². The van der Waals surface area contributed by atoms with E-state index in [4.69, 9.17) is 4.74 Å². The average molecular weight is 323 g/mol. The normalized spacial score (nSPS) is 10.8. The minimum Gasteiger partial charge on any atom is -0.486 e. The summed E-state index contributed by atoms with van der Waals surface area (Å²) >= 11 is 3.33. The summed E-state index contributed by atoms with van der Waals surface area (Å²) < 4.78 is 21.0. The fourth-order valence-electron chi connectivity index (χ4n) is 1.61. The van der Waals surface area contributed by atoms with Gasteiger partial charge in [-0.15, -0.1) is 0 Å². The molecule has 0 saturated heterocycles. The van der Waals surface area contributed by atoms with Gasteiger partial charge in [-0.1, -0.05) is 0 Å². The van der Waals surface area contributed by atoms with Gasteiger partial charge in [-0.2, -0.15) is 0 Å². The Balaban J connectivity index is 1.78. The van der Waals surface area contributed by atoms with Crippen LogP contribution in [0.25, 0.3) is 5.78 Å². The first-order chi connectivity index (χ1) is 9.20. The Bertz CT molecular complexity index is 731. The van der Waals surface area contributed by atoms with Crippen LogP contribution in [0.1, 0.15) is 5.69 Å². The Kier molecular flexibility index (Phi) is 3.12. The SMILES string of the molecule is Fc1cncc(OCc2cn3cc(Br)cnc3n2)c1. The largest absolute Gasteiger partial charge is 0.486 e. The first-order valence-corrected chi connectivity index (χ1v) is 6.22. The van der Waals surface area contributed by atoms with Crippen molar-refractivity contribution in [3.05, 3.63) is 53.0 Å². The van der Waals surface area contributed by atoms with Crippen molar-refractivity contribution in [3.63, 3.8) is 0 Å². The molecular weight excluding hydrogens is 315 g/mol. The molecule has 0 aliphatic carbocycles. The number of imidazole rings is 1. The zero-order valence-corrected chi connectivity index (χ0v) is 11.2.